The van der Waals surface area contributed by atoms with Crippen molar-refractivity contribution < 1.29 is 13.9 Å². The third-order valence-electron chi connectivity index (χ3n) is 4.63. The molecule has 0 aliphatic rings. The van der Waals surface area contributed by atoms with E-state index in [1.54, 1.807) is 43.5 Å². The summed E-state index contributed by atoms with van der Waals surface area (Å²) in [6.07, 6.45) is 3.18. The lowest BCUT2D eigenvalue weighted by molar-refractivity contribution is -0.111. The number of anilines is 1. The van der Waals surface area contributed by atoms with Gasteiger partial charge in [-0.25, -0.2) is 4.79 Å². The standard InChI is InChI=1S/C25H19NO4/c1-29-21-12-9-17(10-13-21)11-14-24(27)26-20-7-4-6-18(15-20)22-16-19-5-2-3-8-23(19)30-25(22)28/h2-16H,1H3,(H,26,27)/b14-11+. The van der Waals surface area contributed by atoms with E-state index in [1.807, 2.05) is 48.5 Å². The van der Waals surface area contributed by atoms with Crippen molar-refractivity contribution in [2.75, 3.05) is 12.4 Å². The van der Waals surface area contributed by atoms with E-state index in [4.69, 9.17) is 9.15 Å². The van der Waals surface area contributed by atoms with Crippen LogP contribution in [0.1, 0.15) is 5.56 Å². The number of hydrogen-bond donors (Lipinski definition) is 1. The van der Waals surface area contributed by atoms with Crippen LogP contribution in [-0.2, 0) is 4.79 Å². The van der Waals surface area contributed by atoms with E-state index >= 15 is 0 Å². The summed E-state index contributed by atoms with van der Waals surface area (Å²) in [6, 6.07) is 23.6. The first-order valence-electron chi connectivity index (χ1n) is 9.39. The number of nitrogens with one attached hydrogen (secondary N) is 1. The Morgan fingerprint density at radius 1 is 0.967 bits per heavy atom. The summed E-state index contributed by atoms with van der Waals surface area (Å²) in [7, 11) is 1.61. The van der Waals surface area contributed by atoms with Crippen molar-refractivity contribution in [1.29, 1.82) is 0 Å². The van der Waals surface area contributed by atoms with E-state index in [9.17, 15) is 9.59 Å². The minimum absolute atomic E-state index is 0.270. The molecule has 0 saturated heterocycles. The van der Waals surface area contributed by atoms with Gasteiger partial charge < -0.3 is 14.5 Å². The summed E-state index contributed by atoms with van der Waals surface area (Å²) < 4.78 is 10.5. The van der Waals surface area contributed by atoms with Crippen LogP contribution >= 0.6 is 0 Å². The number of rotatable bonds is 5. The van der Waals surface area contributed by atoms with Crippen molar-refractivity contribution in [2.24, 2.45) is 0 Å². The van der Waals surface area contributed by atoms with Crippen molar-refractivity contribution in [3.63, 3.8) is 0 Å². The smallest absolute Gasteiger partial charge is 0.344 e. The monoisotopic (exact) mass is 397 g/mol. The van der Waals surface area contributed by atoms with E-state index in [2.05, 4.69) is 5.32 Å². The molecule has 0 radical (unpaired) electrons. The van der Waals surface area contributed by atoms with Crippen LogP contribution in [0.4, 0.5) is 5.69 Å². The van der Waals surface area contributed by atoms with Crippen LogP contribution in [0.2, 0.25) is 0 Å². The Kier molecular flexibility index (Phi) is 5.44. The first kappa shape index (κ1) is 19.2. The molecule has 0 bridgehead atoms. The molecule has 3 aromatic carbocycles. The lowest BCUT2D eigenvalue weighted by Gasteiger charge is -2.06. The fraction of sp³-hybridized carbons (Fsp3) is 0.0400. The number of benzene rings is 3. The van der Waals surface area contributed by atoms with Gasteiger partial charge in [0.15, 0.2) is 0 Å². The molecule has 5 nitrogen and oxygen atoms in total. The van der Waals surface area contributed by atoms with Gasteiger partial charge in [-0.05, 0) is 53.6 Å². The normalized spacial score (nSPS) is 11.0. The second-order valence-corrected chi connectivity index (χ2v) is 6.66. The maximum atomic E-state index is 12.4. The highest BCUT2D eigenvalue weighted by atomic mass is 16.5. The predicted molar refractivity (Wildman–Crippen MR) is 119 cm³/mol. The highest BCUT2D eigenvalue weighted by Crippen LogP contribution is 2.23. The third-order valence-corrected chi connectivity index (χ3v) is 4.63. The van der Waals surface area contributed by atoms with Gasteiger partial charge in [0, 0.05) is 17.1 Å². The molecule has 1 heterocycles. The van der Waals surface area contributed by atoms with Gasteiger partial charge in [-0.15, -0.1) is 0 Å². The number of para-hydroxylation sites is 1. The van der Waals surface area contributed by atoms with E-state index in [1.165, 1.54) is 6.08 Å². The Balaban J connectivity index is 1.53. The summed E-state index contributed by atoms with van der Waals surface area (Å²) in [6.45, 7) is 0. The highest BCUT2D eigenvalue weighted by Gasteiger charge is 2.09. The lowest BCUT2D eigenvalue weighted by atomic mass is 10.1. The topological polar surface area (TPSA) is 68.5 Å². The van der Waals surface area contributed by atoms with Crippen molar-refractivity contribution >= 4 is 28.6 Å². The maximum absolute atomic E-state index is 12.4. The van der Waals surface area contributed by atoms with Gasteiger partial charge in [0.05, 0.1) is 12.7 Å². The highest BCUT2D eigenvalue weighted by molar-refractivity contribution is 6.02. The molecule has 30 heavy (non-hydrogen) atoms. The molecule has 0 spiro atoms. The molecule has 0 fully saturated rings. The molecule has 0 aliphatic carbocycles. The second kappa shape index (κ2) is 8.49. The van der Waals surface area contributed by atoms with Crippen LogP contribution < -0.4 is 15.7 Å². The van der Waals surface area contributed by atoms with Gasteiger partial charge >= 0.3 is 5.63 Å². The van der Waals surface area contributed by atoms with Crippen molar-refractivity contribution in [3.8, 4) is 16.9 Å². The lowest BCUT2D eigenvalue weighted by Crippen LogP contribution is -2.08. The Bertz CT molecular complexity index is 1290. The summed E-state index contributed by atoms with van der Waals surface area (Å²) in [5.74, 6) is 0.486. The Morgan fingerprint density at radius 3 is 2.57 bits per heavy atom. The van der Waals surface area contributed by atoms with Crippen LogP contribution in [-0.4, -0.2) is 13.0 Å². The maximum Gasteiger partial charge on any atom is 0.344 e. The van der Waals surface area contributed by atoms with E-state index in [-0.39, 0.29) is 5.91 Å². The average Bonchev–Trinajstić information content (AvgIpc) is 2.77. The molecule has 5 heteroatoms. The fourth-order valence-electron chi connectivity index (χ4n) is 3.10. The van der Waals surface area contributed by atoms with Crippen LogP contribution in [0.5, 0.6) is 5.75 Å². The van der Waals surface area contributed by atoms with Gasteiger partial charge in [-0.3, -0.25) is 4.79 Å². The largest absolute Gasteiger partial charge is 0.497 e. The predicted octanol–water partition coefficient (Wildman–Crippen LogP) is 5.12. The first-order chi connectivity index (χ1) is 14.6. The second-order valence-electron chi connectivity index (χ2n) is 6.66. The molecular formula is C25H19NO4. The molecule has 4 aromatic rings. The molecule has 148 valence electrons. The minimum Gasteiger partial charge on any atom is -0.497 e. The van der Waals surface area contributed by atoms with Gasteiger partial charge in [-0.2, -0.15) is 0 Å². The van der Waals surface area contributed by atoms with Gasteiger partial charge in [0.25, 0.3) is 0 Å². The zero-order valence-corrected chi connectivity index (χ0v) is 16.3. The Morgan fingerprint density at radius 2 is 1.77 bits per heavy atom. The van der Waals surface area contributed by atoms with Crippen molar-refractivity contribution in [2.45, 2.75) is 0 Å². The summed E-state index contributed by atoms with van der Waals surface area (Å²) in [4.78, 5) is 24.7. The summed E-state index contributed by atoms with van der Waals surface area (Å²) in [5.41, 5.74) is 2.71. The zero-order chi connectivity index (χ0) is 20.9. The van der Waals surface area contributed by atoms with Crippen LogP contribution in [0.15, 0.2) is 94.2 Å². The molecule has 0 unspecified atom stereocenters. The molecular weight excluding hydrogens is 378 g/mol. The van der Waals surface area contributed by atoms with E-state index < -0.39 is 5.63 Å². The zero-order valence-electron chi connectivity index (χ0n) is 16.3. The Hall–Kier alpha value is -4.12. The molecule has 0 atom stereocenters. The van der Waals surface area contributed by atoms with Crippen LogP contribution in [0.25, 0.3) is 28.2 Å². The van der Waals surface area contributed by atoms with Crippen molar-refractivity contribution in [3.05, 3.63) is 101 Å². The summed E-state index contributed by atoms with van der Waals surface area (Å²) >= 11 is 0. The average molecular weight is 397 g/mol. The number of fused-ring (bicyclic) bond motifs is 1. The molecule has 1 N–H and O–H groups in total. The molecule has 0 saturated carbocycles. The number of amides is 1. The molecule has 0 aliphatic heterocycles. The van der Waals surface area contributed by atoms with Gasteiger partial charge in [0.2, 0.25) is 5.91 Å². The van der Waals surface area contributed by atoms with Gasteiger partial charge in [-0.1, -0.05) is 42.5 Å². The number of carbonyl (C=O) groups excluding carboxylic acids is 1. The number of carbonyl (C=O) groups is 1. The van der Waals surface area contributed by atoms with Gasteiger partial charge in [0.1, 0.15) is 11.3 Å². The van der Waals surface area contributed by atoms with Crippen molar-refractivity contribution in [1.82, 2.24) is 0 Å². The molecule has 4 rings (SSSR count). The molecule has 1 aromatic heterocycles. The fourth-order valence-corrected chi connectivity index (χ4v) is 3.10. The van der Waals surface area contributed by atoms with Crippen LogP contribution in [0, 0.1) is 0 Å². The quantitative estimate of drug-likeness (QED) is 0.375. The van der Waals surface area contributed by atoms with E-state index in [0.717, 1.165) is 16.7 Å². The first-order valence-corrected chi connectivity index (χ1v) is 9.39. The van der Waals surface area contributed by atoms with E-state index in [0.29, 0.717) is 22.4 Å². The third kappa shape index (κ3) is 4.31. The number of ether oxygens (including phenoxy) is 1. The summed E-state index contributed by atoms with van der Waals surface area (Å²) in [5, 5.41) is 3.66. The molecule has 1 amide bonds. The number of methoxy groups -OCH3 is 1. The minimum atomic E-state index is -0.420. The number of hydrogen-bond acceptors (Lipinski definition) is 4. The SMILES string of the molecule is COc1ccc(/C=C/C(=O)Nc2cccc(-c3cc4ccccc4oc3=O)c2)cc1. The Labute approximate surface area is 173 Å². The van der Waals surface area contributed by atoms with Crippen LogP contribution in [0.3, 0.4) is 0 Å².